The van der Waals surface area contributed by atoms with Gasteiger partial charge in [0.25, 0.3) is 0 Å². The molecule has 0 spiro atoms. The predicted octanol–water partition coefficient (Wildman–Crippen LogP) is 1.92. The number of rotatable bonds is 3. The van der Waals surface area contributed by atoms with Crippen LogP contribution in [-0.4, -0.2) is 20.5 Å². The van der Waals surface area contributed by atoms with Gasteiger partial charge in [-0.2, -0.15) is 0 Å². The van der Waals surface area contributed by atoms with Gasteiger partial charge >= 0.3 is 0 Å². The van der Waals surface area contributed by atoms with E-state index in [1.54, 1.807) is 24.3 Å². The maximum Gasteiger partial charge on any atom is 0.223 e. The van der Waals surface area contributed by atoms with Crippen LogP contribution < -0.4 is 4.74 Å². The fraction of sp³-hybridized carbons (Fsp3) is 0.0833. The standard InChI is InChI=1S/C12H11NO3S/c1-16-10-7-8-13-12(9-10)17(14,15)11-5-3-2-4-6-11/h2-9H,1H3. The van der Waals surface area contributed by atoms with Crippen molar-refractivity contribution in [1.29, 1.82) is 0 Å². The first-order valence-corrected chi connectivity index (χ1v) is 6.43. The van der Waals surface area contributed by atoms with E-state index in [-0.39, 0.29) is 9.92 Å². The zero-order valence-electron chi connectivity index (χ0n) is 9.20. The summed E-state index contributed by atoms with van der Waals surface area (Å²) in [6.07, 6.45) is 1.41. The fourth-order valence-corrected chi connectivity index (χ4v) is 2.61. The lowest BCUT2D eigenvalue weighted by atomic mass is 10.4. The van der Waals surface area contributed by atoms with Crippen molar-refractivity contribution < 1.29 is 13.2 Å². The summed E-state index contributed by atoms with van der Waals surface area (Å²) in [5.41, 5.74) is 0. The SMILES string of the molecule is COc1ccnc(S(=O)(=O)c2ccccc2)c1. The van der Waals surface area contributed by atoms with Gasteiger partial charge in [-0.15, -0.1) is 0 Å². The topological polar surface area (TPSA) is 56.3 Å². The Kier molecular flexibility index (Phi) is 3.10. The molecule has 88 valence electrons. The lowest BCUT2D eigenvalue weighted by molar-refractivity contribution is 0.412. The zero-order valence-corrected chi connectivity index (χ0v) is 10.0. The van der Waals surface area contributed by atoms with Gasteiger partial charge in [-0.05, 0) is 18.2 Å². The molecule has 0 atom stereocenters. The maximum atomic E-state index is 12.2. The summed E-state index contributed by atoms with van der Waals surface area (Å²) in [7, 11) is -2.08. The van der Waals surface area contributed by atoms with Crippen molar-refractivity contribution >= 4 is 9.84 Å². The summed E-state index contributed by atoms with van der Waals surface area (Å²) in [6, 6.07) is 11.2. The number of aromatic nitrogens is 1. The fourth-order valence-electron chi connectivity index (χ4n) is 1.39. The first-order valence-electron chi connectivity index (χ1n) is 4.95. The van der Waals surface area contributed by atoms with Gasteiger partial charge in [-0.25, -0.2) is 13.4 Å². The third kappa shape index (κ3) is 2.29. The molecule has 0 aliphatic rings. The van der Waals surface area contributed by atoms with Crippen LogP contribution in [0.3, 0.4) is 0 Å². The average Bonchev–Trinajstić information content (AvgIpc) is 2.40. The molecule has 0 fully saturated rings. The number of sulfone groups is 1. The number of ether oxygens (including phenoxy) is 1. The van der Waals surface area contributed by atoms with Crippen molar-refractivity contribution in [2.45, 2.75) is 9.92 Å². The molecule has 0 N–H and O–H groups in total. The molecule has 1 heterocycles. The van der Waals surface area contributed by atoms with Gasteiger partial charge in [0, 0.05) is 12.3 Å². The van der Waals surface area contributed by atoms with Gasteiger partial charge in [0.1, 0.15) is 5.75 Å². The van der Waals surface area contributed by atoms with Crippen molar-refractivity contribution in [3.05, 3.63) is 48.7 Å². The molecule has 0 aliphatic heterocycles. The number of nitrogens with zero attached hydrogens (tertiary/aromatic N) is 1. The lowest BCUT2D eigenvalue weighted by Crippen LogP contribution is -2.04. The highest BCUT2D eigenvalue weighted by molar-refractivity contribution is 7.91. The van der Waals surface area contributed by atoms with E-state index >= 15 is 0 Å². The first kappa shape index (κ1) is 11.6. The van der Waals surface area contributed by atoms with Crippen LogP contribution in [-0.2, 0) is 9.84 Å². The minimum atomic E-state index is -3.56. The highest BCUT2D eigenvalue weighted by Crippen LogP contribution is 2.21. The lowest BCUT2D eigenvalue weighted by Gasteiger charge is -2.05. The van der Waals surface area contributed by atoms with Crippen molar-refractivity contribution in [3.63, 3.8) is 0 Å². The van der Waals surface area contributed by atoms with Crippen LogP contribution in [0.15, 0.2) is 58.6 Å². The molecule has 2 rings (SSSR count). The van der Waals surface area contributed by atoms with Crippen molar-refractivity contribution in [2.75, 3.05) is 7.11 Å². The highest BCUT2D eigenvalue weighted by atomic mass is 32.2. The molecule has 1 aromatic heterocycles. The van der Waals surface area contributed by atoms with E-state index in [9.17, 15) is 8.42 Å². The van der Waals surface area contributed by atoms with E-state index < -0.39 is 9.84 Å². The number of benzene rings is 1. The second-order valence-corrected chi connectivity index (χ2v) is 5.25. The quantitative estimate of drug-likeness (QED) is 0.834. The first-order chi connectivity index (χ1) is 8.14. The van der Waals surface area contributed by atoms with Gasteiger partial charge in [0.05, 0.1) is 12.0 Å². The molecule has 0 saturated carbocycles. The normalized spacial score (nSPS) is 11.1. The van der Waals surface area contributed by atoms with Gasteiger partial charge in [-0.1, -0.05) is 18.2 Å². The van der Waals surface area contributed by atoms with Crippen LogP contribution in [0.5, 0.6) is 5.75 Å². The molecule has 5 heteroatoms. The van der Waals surface area contributed by atoms with E-state index in [1.165, 1.54) is 31.5 Å². The van der Waals surface area contributed by atoms with Crippen molar-refractivity contribution in [3.8, 4) is 5.75 Å². The smallest absolute Gasteiger partial charge is 0.223 e. The number of methoxy groups -OCH3 is 1. The third-order valence-electron chi connectivity index (χ3n) is 2.27. The maximum absolute atomic E-state index is 12.2. The summed E-state index contributed by atoms with van der Waals surface area (Å²) >= 11 is 0. The number of hydrogen-bond donors (Lipinski definition) is 0. The van der Waals surface area contributed by atoms with E-state index in [1.807, 2.05) is 0 Å². The Morgan fingerprint density at radius 3 is 2.47 bits per heavy atom. The molecule has 0 amide bonds. The number of pyridine rings is 1. The minimum absolute atomic E-state index is 0.0111. The Hall–Kier alpha value is -1.88. The van der Waals surface area contributed by atoms with Crippen LogP contribution in [0.2, 0.25) is 0 Å². The molecule has 1 aromatic carbocycles. The average molecular weight is 249 g/mol. The molecule has 2 aromatic rings. The Labute approximate surface area is 99.8 Å². The van der Waals surface area contributed by atoms with Crippen molar-refractivity contribution in [2.24, 2.45) is 0 Å². The van der Waals surface area contributed by atoms with Gasteiger partial charge in [-0.3, -0.25) is 0 Å². The molecule has 17 heavy (non-hydrogen) atoms. The van der Waals surface area contributed by atoms with E-state index in [0.29, 0.717) is 5.75 Å². The molecule has 0 unspecified atom stereocenters. The summed E-state index contributed by atoms with van der Waals surface area (Å²) < 4.78 is 29.3. The van der Waals surface area contributed by atoms with Crippen LogP contribution in [0.4, 0.5) is 0 Å². The molecular formula is C12H11NO3S. The Morgan fingerprint density at radius 2 is 1.82 bits per heavy atom. The molecule has 0 saturated heterocycles. The summed E-state index contributed by atoms with van der Waals surface area (Å²) in [5, 5.41) is -0.0111. The third-order valence-corrected chi connectivity index (χ3v) is 3.94. The van der Waals surface area contributed by atoms with Crippen LogP contribution >= 0.6 is 0 Å². The molecule has 4 nitrogen and oxygen atoms in total. The summed E-state index contributed by atoms with van der Waals surface area (Å²) in [6.45, 7) is 0. The van der Waals surface area contributed by atoms with Gasteiger partial charge in [0.2, 0.25) is 9.84 Å². The van der Waals surface area contributed by atoms with Gasteiger partial charge in [0.15, 0.2) is 5.03 Å². The Balaban J connectivity index is 2.52. The molecular weight excluding hydrogens is 238 g/mol. The van der Waals surface area contributed by atoms with Crippen LogP contribution in [0.1, 0.15) is 0 Å². The largest absolute Gasteiger partial charge is 0.497 e. The van der Waals surface area contributed by atoms with E-state index in [4.69, 9.17) is 4.74 Å². The molecule has 0 aliphatic carbocycles. The Morgan fingerprint density at radius 1 is 1.12 bits per heavy atom. The van der Waals surface area contributed by atoms with Crippen LogP contribution in [0, 0.1) is 0 Å². The monoisotopic (exact) mass is 249 g/mol. The predicted molar refractivity (Wildman–Crippen MR) is 62.7 cm³/mol. The summed E-state index contributed by atoms with van der Waals surface area (Å²) in [5.74, 6) is 0.467. The Bertz CT molecular complexity index is 609. The highest BCUT2D eigenvalue weighted by Gasteiger charge is 2.19. The second-order valence-electron chi connectivity index (χ2n) is 3.35. The number of hydrogen-bond acceptors (Lipinski definition) is 4. The van der Waals surface area contributed by atoms with E-state index in [2.05, 4.69) is 4.98 Å². The molecule has 0 radical (unpaired) electrons. The van der Waals surface area contributed by atoms with Crippen LogP contribution in [0.25, 0.3) is 0 Å². The van der Waals surface area contributed by atoms with E-state index in [0.717, 1.165) is 0 Å². The zero-order chi connectivity index (χ0) is 12.3. The minimum Gasteiger partial charge on any atom is -0.497 e. The van der Waals surface area contributed by atoms with Gasteiger partial charge < -0.3 is 4.74 Å². The van der Waals surface area contributed by atoms with Crippen molar-refractivity contribution in [1.82, 2.24) is 4.98 Å². The molecule has 0 bridgehead atoms. The summed E-state index contributed by atoms with van der Waals surface area (Å²) in [4.78, 5) is 4.09. The second kappa shape index (κ2) is 4.55.